The van der Waals surface area contributed by atoms with Crippen LogP contribution in [0.3, 0.4) is 0 Å². The largest absolute Gasteiger partial charge is 0.480 e. The fourth-order valence-electron chi connectivity index (χ4n) is 6.47. The number of amides is 2. The third kappa shape index (κ3) is 8.76. The minimum atomic E-state index is -1.07. The zero-order chi connectivity index (χ0) is 34.6. The van der Waals surface area contributed by atoms with Crippen molar-refractivity contribution in [1.29, 1.82) is 0 Å². The van der Waals surface area contributed by atoms with E-state index in [1.54, 1.807) is 4.90 Å². The average Bonchev–Trinajstić information content (AvgIpc) is 3.14. The predicted octanol–water partition coefficient (Wildman–Crippen LogP) is 6.36. The molecule has 1 aliphatic heterocycles. The van der Waals surface area contributed by atoms with E-state index in [1.807, 2.05) is 67.4 Å². The van der Waals surface area contributed by atoms with Crippen molar-refractivity contribution in [2.45, 2.75) is 55.6 Å². The average molecular weight is 696 g/mol. The molecule has 4 aromatic rings. The quantitative estimate of drug-likeness (QED) is 0.0928. The fourth-order valence-corrected chi connectivity index (χ4v) is 8.44. The Morgan fingerprint density at radius 3 is 1.88 bits per heavy atom. The van der Waals surface area contributed by atoms with Crippen LogP contribution in [0.4, 0.5) is 0 Å². The van der Waals surface area contributed by atoms with E-state index < -0.39 is 34.7 Å². The Bertz CT molecular complexity index is 1580. The van der Waals surface area contributed by atoms with E-state index in [9.17, 15) is 19.5 Å². The van der Waals surface area contributed by atoms with E-state index in [1.165, 1.54) is 28.5 Å². The Morgan fingerprint density at radius 2 is 1.35 bits per heavy atom. The highest BCUT2D eigenvalue weighted by molar-refractivity contribution is 8.00. The summed E-state index contributed by atoms with van der Waals surface area (Å²) in [4.78, 5) is 41.0. The first kappa shape index (κ1) is 36.2. The van der Waals surface area contributed by atoms with Crippen molar-refractivity contribution in [3.05, 3.63) is 143 Å². The van der Waals surface area contributed by atoms with Crippen LogP contribution in [0.1, 0.15) is 47.6 Å². The molecule has 49 heavy (non-hydrogen) atoms. The molecule has 0 spiro atoms. The molecule has 3 atom stereocenters. The molecule has 0 fully saturated rings. The van der Waals surface area contributed by atoms with Gasteiger partial charge in [-0.05, 0) is 71.9 Å². The molecule has 1 aliphatic rings. The molecule has 1 unspecified atom stereocenters. The van der Waals surface area contributed by atoms with Gasteiger partial charge in [0.05, 0.1) is 10.8 Å². The van der Waals surface area contributed by atoms with Gasteiger partial charge in [0.2, 0.25) is 11.8 Å². The van der Waals surface area contributed by atoms with Crippen LogP contribution in [0.15, 0.2) is 115 Å². The van der Waals surface area contributed by atoms with Crippen LogP contribution in [0.25, 0.3) is 0 Å². The number of benzene rings is 4. The van der Waals surface area contributed by atoms with Crippen LogP contribution >= 0.6 is 23.5 Å². The lowest BCUT2D eigenvalue weighted by molar-refractivity contribution is -0.146. The maximum absolute atomic E-state index is 14.0. The number of hydrogen-bond acceptors (Lipinski definition) is 6. The molecule has 7 nitrogen and oxygen atoms in total. The number of thioether (sulfide) groups is 2. The van der Waals surface area contributed by atoms with E-state index >= 15 is 0 Å². The van der Waals surface area contributed by atoms with E-state index in [0.29, 0.717) is 31.7 Å². The lowest BCUT2D eigenvalue weighted by Gasteiger charge is -2.38. The Morgan fingerprint density at radius 1 is 0.816 bits per heavy atom. The van der Waals surface area contributed by atoms with Gasteiger partial charge in [0.25, 0.3) is 0 Å². The number of nitrogens with one attached hydrogen (secondary N) is 2. The standard InChI is InChI=1S/C40H45N3O4S2/c1-29(38(45)43-28-31-16-13-12-15-30(31)27-36(43)37(44)42-35(39(46)47)23-26-48-2)41-24-14-25-49-40(32-17-6-3-7-18-32,33-19-8-4-9-20-33)34-21-10-5-11-22-34/h3-13,15-22,29,35-36,41H,14,23-28H2,1-2H3,(H,42,44)(H,46,47)/t29-,35+,36?/m0/s1. The number of carboxylic acid groups (broad SMARTS) is 1. The number of carbonyl (C=O) groups excluding carboxylic acids is 2. The molecule has 1 heterocycles. The fraction of sp³-hybridized carbons (Fsp3) is 0.325. The molecule has 9 heteroatoms. The topological polar surface area (TPSA) is 98.7 Å². The molecule has 3 N–H and O–H groups in total. The summed E-state index contributed by atoms with van der Waals surface area (Å²) in [6.45, 7) is 2.75. The molecule has 0 aliphatic carbocycles. The zero-order valence-electron chi connectivity index (χ0n) is 28.1. The van der Waals surface area contributed by atoms with Gasteiger partial charge < -0.3 is 20.6 Å². The molecule has 0 bridgehead atoms. The van der Waals surface area contributed by atoms with Crippen molar-refractivity contribution in [1.82, 2.24) is 15.5 Å². The van der Waals surface area contributed by atoms with Gasteiger partial charge in [-0.1, -0.05) is 115 Å². The monoisotopic (exact) mass is 695 g/mol. The Balaban J connectivity index is 1.27. The number of rotatable bonds is 16. The SMILES string of the molecule is CSCC[C@@H](NC(=O)C1Cc2ccccc2CN1C(=O)[C@H](C)NCCCSC(c1ccccc1)(c1ccccc1)c1ccccc1)C(=O)O. The summed E-state index contributed by atoms with van der Waals surface area (Å²) >= 11 is 3.42. The minimum Gasteiger partial charge on any atom is -0.480 e. The molecule has 0 aromatic heterocycles. The van der Waals surface area contributed by atoms with E-state index in [2.05, 4.69) is 83.4 Å². The van der Waals surface area contributed by atoms with E-state index in [4.69, 9.17) is 0 Å². The molecule has 0 saturated carbocycles. The number of aliphatic carboxylic acids is 1. The minimum absolute atomic E-state index is 0.175. The third-order valence-corrected chi connectivity index (χ3v) is 11.3. The summed E-state index contributed by atoms with van der Waals surface area (Å²) in [7, 11) is 0. The number of fused-ring (bicyclic) bond motifs is 1. The van der Waals surface area contributed by atoms with Gasteiger partial charge in [0, 0.05) is 13.0 Å². The van der Waals surface area contributed by atoms with Gasteiger partial charge >= 0.3 is 5.97 Å². The van der Waals surface area contributed by atoms with Crippen molar-refractivity contribution < 1.29 is 19.5 Å². The second kappa shape index (κ2) is 17.6. The first-order valence-corrected chi connectivity index (χ1v) is 19.2. The predicted molar refractivity (Wildman–Crippen MR) is 201 cm³/mol. The van der Waals surface area contributed by atoms with Crippen LogP contribution in [0.2, 0.25) is 0 Å². The molecule has 4 aromatic carbocycles. The summed E-state index contributed by atoms with van der Waals surface area (Å²) in [5.74, 6) is -0.235. The highest BCUT2D eigenvalue weighted by Crippen LogP contribution is 2.48. The smallest absolute Gasteiger partial charge is 0.326 e. The Hall–Kier alpha value is -4.05. The van der Waals surface area contributed by atoms with Crippen LogP contribution in [0, 0.1) is 0 Å². The van der Waals surface area contributed by atoms with Crippen LogP contribution in [-0.4, -0.2) is 70.2 Å². The number of hydrogen-bond donors (Lipinski definition) is 3. The van der Waals surface area contributed by atoms with Crippen molar-refractivity contribution in [3.8, 4) is 0 Å². The molecular formula is C40H45N3O4S2. The lowest BCUT2D eigenvalue weighted by Crippen LogP contribution is -2.58. The summed E-state index contributed by atoms with van der Waals surface area (Å²) in [5, 5.41) is 15.9. The first-order valence-electron chi connectivity index (χ1n) is 16.8. The summed E-state index contributed by atoms with van der Waals surface area (Å²) in [6.07, 6.45) is 3.37. The molecule has 2 amide bonds. The molecular weight excluding hydrogens is 651 g/mol. The lowest BCUT2D eigenvalue weighted by atomic mass is 9.84. The van der Waals surface area contributed by atoms with Crippen LogP contribution in [0.5, 0.6) is 0 Å². The summed E-state index contributed by atoms with van der Waals surface area (Å²) < 4.78 is -0.406. The highest BCUT2D eigenvalue weighted by Gasteiger charge is 2.38. The molecule has 0 saturated heterocycles. The number of carboxylic acids is 1. The normalized spacial score (nSPS) is 15.6. The summed E-state index contributed by atoms with van der Waals surface area (Å²) in [5.41, 5.74) is 5.63. The van der Waals surface area contributed by atoms with Gasteiger partial charge in [0.15, 0.2) is 0 Å². The molecule has 0 radical (unpaired) electrons. The van der Waals surface area contributed by atoms with Crippen LogP contribution in [-0.2, 0) is 32.1 Å². The van der Waals surface area contributed by atoms with Crippen LogP contribution < -0.4 is 10.6 Å². The van der Waals surface area contributed by atoms with Crippen molar-refractivity contribution >= 4 is 41.3 Å². The second-order valence-electron chi connectivity index (χ2n) is 12.3. The highest BCUT2D eigenvalue weighted by atomic mass is 32.2. The van der Waals surface area contributed by atoms with Gasteiger partial charge in [0.1, 0.15) is 12.1 Å². The van der Waals surface area contributed by atoms with Crippen molar-refractivity contribution in [2.24, 2.45) is 0 Å². The third-order valence-electron chi connectivity index (χ3n) is 9.06. The van der Waals surface area contributed by atoms with E-state index in [-0.39, 0.29) is 5.91 Å². The Labute approximate surface area is 298 Å². The number of nitrogens with zero attached hydrogens (tertiary/aromatic N) is 1. The second-order valence-corrected chi connectivity index (χ2v) is 14.6. The van der Waals surface area contributed by atoms with Gasteiger partial charge in [-0.15, -0.1) is 11.8 Å². The molecule has 5 rings (SSSR count). The maximum Gasteiger partial charge on any atom is 0.326 e. The van der Waals surface area contributed by atoms with Crippen molar-refractivity contribution in [3.63, 3.8) is 0 Å². The van der Waals surface area contributed by atoms with Gasteiger partial charge in [-0.25, -0.2) is 4.79 Å². The first-order chi connectivity index (χ1) is 23.8. The Kier molecular flexibility index (Phi) is 13.0. The number of carbonyl (C=O) groups is 3. The molecule has 256 valence electrons. The van der Waals surface area contributed by atoms with Gasteiger partial charge in [-0.3, -0.25) is 9.59 Å². The van der Waals surface area contributed by atoms with Crippen molar-refractivity contribution in [2.75, 3.05) is 24.3 Å². The van der Waals surface area contributed by atoms with Gasteiger partial charge in [-0.2, -0.15) is 11.8 Å². The zero-order valence-corrected chi connectivity index (χ0v) is 29.7. The maximum atomic E-state index is 14.0. The van der Waals surface area contributed by atoms with E-state index in [0.717, 1.165) is 23.3 Å². The summed E-state index contributed by atoms with van der Waals surface area (Å²) in [6, 6.07) is 37.3.